The average Bonchev–Trinajstić information content (AvgIpc) is 4.09. The second-order valence-corrected chi connectivity index (χ2v) is 22.1. The third-order valence-electron chi connectivity index (χ3n) is 14.8. The third kappa shape index (κ3) is 5.87. The van der Waals surface area contributed by atoms with Crippen LogP contribution in [-0.2, 0) is 0 Å². The van der Waals surface area contributed by atoms with Gasteiger partial charge in [-0.1, -0.05) is 224 Å². The van der Waals surface area contributed by atoms with Gasteiger partial charge in [0.2, 0.25) is 0 Å². The van der Waals surface area contributed by atoms with E-state index in [2.05, 4.69) is 287 Å². The maximum absolute atomic E-state index is 3.24. The van der Waals surface area contributed by atoms with E-state index in [9.17, 15) is 0 Å². The van der Waals surface area contributed by atoms with E-state index in [1.54, 1.807) is 0 Å². The van der Waals surface area contributed by atoms with Gasteiger partial charge in [0.25, 0.3) is 0 Å². The Morgan fingerprint density at radius 3 is 1.19 bits per heavy atom. The molecule has 3 aromatic heterocycles. The summed E-state index contributed by atoms with van der Waals surface area (Å²) in [7, 11) is -3.24. The first kappa shape index (κ1) is 40.1. The molecule has 14 aromatic rings. The third-order valence-corrected chi connectivity index (χ3v) is 19.5. The Morgan fingerprint density at radius 2 is 0.643 bits per heavy atom. The molecule has 0 spiro atoms. The van der Waals surface area contributed by atoms with E-state index in [1.807, 2.05) is 0 Å². The van der Waals surface area contributed by atoms with Gasteiger partial charge in [0.15, 0.2) is 8.07 Å². The summed E-state index contributed by atoms with van der Waals surface area (Å²) in [6, 6.07) is 102. The van der Waals surface area contributed by atoms with E-state index in [-0.39, 0.29) is 0 Å². The highest BCUT2D eigenvalue weighted by molar-refractivity contribution is 7.20. The van der Waals surface area contributed by atoms with Crippen LogP contribution in [0.5, 0.6) is 0 Å². The lowest BCUT2D eigenvalue weighted by atomic mass is 10.0. The molecule has 0 bridgehead atoms. The summed E-state index contributed by atoms with van der Waals surface area (Å²) in [5.74, 6) is 0. The van der Waals surface area contributed by atoms with Crippen LogP contribution in [0.2, 0.25) is 0 Å². The van der Waals surface area contributed by atoms with Crippen molar-refractivity contribution < 1.29 is 0 Å². The summed E-state index contributed by atoms with van der Waals surface area (Å²) in [4.78, 5) is 0. The second kappa shape index (κ2) is 16.1. The van der Waals surface area contributed by atoms with Crippen molar-refractivity contribution in [1.29, 1.82) is 0 Å². The van der Waals surface area contributed by atoms with Gasteiger partial charge in [0.1, 0.15) is 0 Å². The first-order valence-corrected chi connectivity index (χ1v) is 26.2. The summed E-state index contributed by atoms with van der Waals surface area (Å²) in [5.41, 5.74) is 12.9. The van der Waals surface area contributed by atoms with Gasteiger partial charge >= 0.3 is 0 Å². The molecule has 3 nitrogen and oxygen atoms in total. The zero-order valence-electron chi connectivity index (χ0n) is 38.3. The molecule has 0 saturated carbocycles. The quantitative estimate of drug-likeness (QED) is 0.107. The van der Waals surface area contributed by atoms with Crippen molar-refractivity contribution in [3.63, 3.8) is 0 Å². The van der Waals surface area contributed by atoms with Gasteiger partial charge in [-0.25, -0.2) is 0 Å². The number of para-hydroxylation sites is 6. The van der Waals surface area contributed by atoms with E-state index < -0.39 is 8.07 Å². The number of nitrogens with zero attached hydrogens (tertiary/aromatic N) is 3. The molecule has 0 aliphatic carbocycles. The zero-order chi connectivity index (χ0) is 46.2. The molecule has 11 aromatic carbocycles. The molecule has 328 valence electrons. The van der Waals surface area contributed by atoms with Gasteiger partial charge < -0.3 is 13.7 Å². The second-order valence-electron chi connectivity index (χ2n) is 18.4. The van der Waals surface area contributed by atoms with Crippen LogP contribution in [-0.4, -0.2) is 21.8 Å². The van der Waals surface area contributed by atoms with Crippen molar-refractivity contribution in [2.75, 3.05) is 0 Å². The van der Waals surface area contributed by atoms with Crippen LogP contribution < -0.4 is 20.7 Å². The minimum Gasteiger partial charge on any atom is -0.309 e. The Labute approximate surface area is 407 Å². The van der Waals surface area contributed by atoms with Gasteiger partial charge in [-0.05, 0) is 74.8 Å². The average molecular weight is 908 g/mol. The molecule has 0 saturated heterocycles. The van der Waals surface area contributed by atoms with Crippen LogP contribution in [0.4, 0.5) is 0 Å². The smallest absolute Gasteiger partial charge is 0.181 e. The maximum atomic E-state index is 2.63. The predicted octanol–water partition coefficient (Wildman–Crippen LogP) is 14.0. The van der Waals surface area contributed by atoms with Crippen molar-refractivity contribution in [2.24, 2.45) is 0 Å². The molecule has 0 fully saturated rings. The van der Waals surface area contributed by atoms with Gasteiger partial charge in [0, 0.05) is 43.6 Å². The fourth-order valence-electron chi connectivity index (χ4n) is 11.9. The van der Waals surface area contributed by atoms with E-state index in [1.165, 1.54) is 91.8 Å². The SMILES string of the molecule is c1ccc(-c2ccccc2-n2c3ccccc3c3cccc(-n4c5ccccc5c5cc(-n6c7ccccc7c7ccccc76)cc([Si](c6ccccc6)(c6ccccc6)c6ccccc6)c54)c32)cc1. The van der Waals surface area contributed by atoms with Crippen LogP contribution in [0, 0.1) is 0 Å². The molecular formula is C66H45N3Si. The molecule has 0 aliphatic rings. The van der Waals surface area contributed by atoms with Gasteiger partial charge in [-0.2, -0.15) is 0 Å². The Hall–Kier alpha value is -8.96. The summed E-state index contributed by atoms with van der Waals surface area (Å²) in [5, 5.41) is 12.7. The Bertz CT molecular complexity index is 4130. The minimum atomic E-state index is -3.24. The molecule has 0 atom stereocenters. The predicted molar refractivity (Wildman–Crippen MR) is 299 cm³/mol. The van der Waals surface area contributed by atoms with Crippen molar-refractivity contribution >= 4 is 94.2 Å². The number of aromatic nitrogens is 3. The fraction of sp³-hybridized carbons (Fsp3) is 0. The molecule has 70 heavy (non-hydrogen) atoms. The van der Waals surface area contributed by atoms with E-state index in [4.69, 9.17) is 0 Å². The van der Waals surface area contributed by atoms with Crippen molar-refractivity contribution in [3.8, 4) is 28.2 Å². The van der Waals surface area contributed by atoms with Crippen LogP contribution >= 0.6 is 0 Å². The van der Waals surface area contributed by atoms with Crippen molar-refractivity contribution in [2.45, 2.75) is 0 Å². The van der Waals surface area contributed by atoms with E-state index in [0.29, 0.717) is 0 Å². The minimum absolute atomic E-state index is 1.13. The van der Waals surface area contributed by atoms with Crippen LogP contribution in [0.1, 0.15) is 0 Å². The molecule has 3 heterocycles. The maximum Gasteiger partial charge on any atom is 0.181 e. The number of fused-ring (bicyclic) bond motifs is 9. The Kier molecular flexibility index (Phi) is 9.23. The molecule has 4 heteroatoms. The lowest BCUT2D eigenvalue weighted by Crippen LogP contribution is -2.75. The number of hydrogen-bond donors (Lipinski definition) is 0. The first-order chi connectivity index (χ1) is 34.8. The highest BCUT2D eigenvalue weighted by atomic mass is 28.3. The summed E-state index contributed by atoms with van der Waals surface area (Å²) in [6.45, 7) is 0. The number of rotatable bonds is 8. The zero-order valence-corrected chi connectivity index (χ0v) is 39.3. The van der Waals surface area contributed by atoms with Crippen LogP contribution in [0.3, 0.4) is 0 Å². The largest absolute Gasteiger partial charge is 0.309 e. The number of hydrogen-bond acceptors (Lipinski definition) is 0. The topological polar surface area (TPSA) is 14.8 Å². The van der Waals surface area contributed by atoms with E-state index in [0.717, 1.165) is 22.6 Å². The first-order valence-electron chi connectivity index (χ1n) is 24.2. The molecule has 0 aliphatic heterocycles. The monoisotopic (exact) mass is 907 g/mol. The lowest BCUT2D eigenvalue weighted by Gasteiger charge is -2.35. The summed E-state index contributed by atoms with van der Waals surface area (Å²) in [6.07, 6.45) is 0. The van der Waals surface area contributed by atoms with Crippen LogP contribution in [0.15, 0.2) is 273 Å². The van der Waals surface area contributed by atoms with E-state index >= 15 is 0 Å². The Morgan fingerprint density at radius 1 is 0.257 bits per heavy atom. The Balaban J connectivity index is 1.22. The number of benzene rings is 11. The van der Waals surface area contributed by atoms with Gasteiger partial charge in [-0.15, -0.1) is 0 Å². The normalized spacial score (nSPS) is 12.0. The summed E-state index contributed by atoms with van der Waals surface area (Å²) < 4.78 is 7.68. The standard InChI is InChI=1S/C66H45N3Si/c1-5-24-46(25-6-1)51-32-13-18-38-58(51)68-61-41-21-16-35-54(61)56-37-23-43-63(65(56)68)69-62-42-22-17-36-55(62)57-44-47(67-59-39-19-14-33-52(59)53-34-15-20-40-60(53)67)45-64(66(57)69)70(48-26-7-2-8-27-48,49-28-9-3-10-29-49)50-30-11-4-12-31-50/h1-45H. The highest BCUT2D eigenvalue weighted by Crippen LogP contribution is 2.43. The summed E-state index contributed by atoms with van der Waals surface area (Å²) >= 11 is 0. The lowest BCUT2D eigenvalue weighted by molar-refractivity contribution is 1.13. The van der Waals surface area contributed by atoms with Gasteiger partial charge in [0.05, 0.1) is 44.5 Å². The molecule has 0 radical (unpaired) electrons. The molecule has 0 N–H and O–H groups in total. The van der Waals surface area contributed by atoms with Gasteiger partial charge in [-0.3, -0.25) is 0 Å². The van der Waals surface area contributed by atoms with Crippen molar-refractivity contribution in [1.82, 2.24) is 13.7 Å². The molecule has 0 unspecified atom stereocenters. The molecule has 0 amide bonds. The highest BCUT2D eigenvalue weighted by Gasteiger charge is 2.44. The molecular weight excluding hydrogens is 863 g/mol. The molecule has 14 rings (SSSR count). The van der Waals surface area contributed by atoms with Crippen molar-refractivity contribution in [3.05, 3.63) is 273 Å². The fourth-order valence-corrected chi connectivity index (χ4v) is 16.9. The van der Waals surface area contributed by atoms with Crippen LogP contribution in [0.25, 0.3) is 93.6 Å².